The standard InChI is InChI=1S/C2H3ClO.N3/c1-2(3)4;1-3-2/h1H3;/q;-1. The van der Waals surface area contributed by atoms with Crippen LogP contribution in [-0.4, -0.2) is 5.24 Å². The molecule has 0 aliphatic rings. The Morgan fingerprint density at radius 2 is 1.71 bits per heavy atom. The lowest BCUT2D eigenvalue weighted by atomic mass is 10.9. The van der Waals surface area contributed by atoms with Crippen molar-refractivity contribution >= 4 is 16.8 Å². The molecule has 0 aromatic rings. The van der Waals surface area contributed by atoms with Crippen LogP contribution in [0.2, 0.25) is 0 Å². The summed E-state index contributed by atoms with van der Waals surface area (Å²) in [6.07, 6.45) is 0. The molecule has 0 unspecified atom stereocenters. The molecule has 0 aromatic carbocycles. The first kappa shape index (κ1) is 9.55. The van der Waals surface area contributed by atoms with Gasteiger partial charge in [0.05, 0.1) is 0 Å². The molecule has 0 N–H and O–H groups in total. The molecule has 0 spiro atoms. The second kappa shape index (κ2) is 8.99. The van der Waals surface area contributed by atoms with Gasteiger partial charge in [-0.15, -0.1) is 0 Å². The van der Waals surface area contributed by atoms with Gasteiger partial charge in [0, 0.05) is 6.92 Å². The lowest BCUT2D eigenvalue weighted by molar-refractivity contribution is -0.109. The third-order valence-electron chi connectivity index (χ3n) is 0. The van der Waals surface area contributed by atoms with E-state index in [-0.39, 0.29) is 5.24 Å². The number of halogens is 1. The molecule has 0 saturated heterocycles. The molecule has 0 aromatic heterocycles. The van der Waals surface area contributed by atoms with E-state index in [9.17, 15) is 4.79 Å². The molecule has 0 aliphatic heterocycles. The quantitative estimate of drug-likeness (QED) is 0.207. The van der Waals surface area contributed by atoms with Crippen molar-refractivity contribution in [2.24, 2.45) is 0 Å². The van der Waals surface area contributed by atoms with Gasteiger partial charge in [-0.05, 0) is 11.6 Å². The van der Waals surface area contributed by atoms with Crippen LogP contribution < -0.4 is 0 Å². The van der Waals surface area contributed by atoms with Gasteiger partial charge in [-0.25, -0.2) is 0 Å². The fourth-order valence-corrected chi connectivity index (χ4v) is 0. The van der Waals surface area contributed by atoms with Crippen molar-refractivity contribution in [3.8, 4) is 0 Å². The average molecular weight is 121 g/mol. The van der Waals surface area contributed by atoms with E-state index in [2.05, 4.69) is 11.6 Å². The minimum atomic E-state index is -0.361. The van der Waals surface area contributed by atoms with Crippen molar-refractivity contribution in [2.45, 2.75) is 6.92 Å². The second-order valence-corrected chi connectivity index (χ2v) is 1.09. The number of carbonyl (C=O) groups is 1. The van der Waals surface area contributed by atoms with Crippen molar-refractivity contribution in [1.29, 1.82) is 0 Å². The van der Waals surface area contributed by atoms with Gasteiger partial charge in [-0.1, -0.05) is 0 Å². The van der Waals surface area contributed by atoms with Crippen LogP contribution in [0.3, 0.4) is 0 Å². The summed E-state index contributed by atoms with van der Waals surface area (Å²) in [7, 11) is 0. The fraction of sp³-hybridized carbons (Fsp3) is 0.500. The van der Waals surface area contributed by atoms with Gasteiger partial charge in [0.1, 0.15) is 0 Å². The average Bonchev–Trinajstić information content (AvgIpc) is 1.33. The summed E-state index contributed by atoms with van der Waals surface area (Å²) >= 11 is 4.64. The predicted octanol–water partition coefficient (Wildman–Crippen LogP) is 1.64. The van der Waals surface area contributed by atoms with Crippen LogP contribution >= 0.6 is 11.6 Å². The van der Waals surface area contributed by atoms with Gasteiger partial charge in [0.2, 0.25) is 5.24 Å². The third kappa shape index (κ3) is 106. The van der Waals surface area contributed by atoms with E-state index in [1.165, 1.54) is 11.8 Å². The van der Waals surface area contributed by atoms with Crippen LogP contribution in [-0.2, 0) is 4.79 Å². The number of rotatable bonds is 0. The van der Waals surface area contributed by atoms with Crippen LogP contribution in [0.5, 0.6) is 0 Å². The summed E-state index contributed by atoms with van der Waals surface area (Å²) < 4.78 is 0. The highest BCUT2D eigenvalue weighted by molar-refractivity contribution is 6.62. The third-order valence-corrected chi connectivity index (χ3v) is 0. The van der Waals surface area contributed by atoms with Crippen LogP contribution in [0.1, 0.15) is 6.92 Å². The first-order valence-electron chi connectivity index (χ1n) is 1.29. The first-order chi connectivity index (χ1) is 3.15. The topological polar surface area (TPSA) is 75.8 Å². The lowest BCUT2D eigenvalue weighted by Gasteiger charge is -1.52. The molecular formula is C2H3ClN3O-. The Bertz CT molecular complexity index is 80.9. The Morgan fingerprint density at radius 1 is 1.71 bits per heavy atom. The zero-order valence-corrected chi connectivity index (χ0v) is 4.38. The molecule has 0 saturated carbocycles. The minimum Gasteiger partial charge on any atom is -0.373 e. The lowest BCUT2D eigenvalue weighted by Crippen LogP contribution is -1.62. The number of nitrogens with zero attached hydrogens (tertiary/aromatic N) is 3. The van der Waals surface area contributed by atoms with Gasteiger partial charge < -0.3 is 11.1 Å². The summed E-state index contributed by atoms with van der Waals surface area (Å²) in [5.41, 5.74) is 13.5. The van der Waals surface area contributed by atoms with Gasteiger partial charge in [0.25, 0.3) is 0 Å². The van der Waals surface area contributed by atoms with Crippen molar-refractivity contribution in [2.75, 3.05) is 0 Å². The van der Waals surface area contributed by atoms with Gasteiger partial charge >= 0.3 is 0 Å². The zero-order chi connectivity index (χ0) is 6.28. The molecular weight excluding hydrogens is 117 g/mol. The SMILES string of the molecule is CC(=O)Cl.[N-]=[N+]=[N-]. The molecule has 5 heteroatoms. The van der Waals surface area contributed by atoms with E-state index >= 15 is 0 Å². The predicted molar refractivity (Wildman–Crippen MR) is 26.6 cm³/mol. The van der Waals surface area contributed by atoms with Gasteiger partial charge in [-0.3, -0.25) is 9.71 Å². The summed E-state index contributed by atoms with van der Waals surface area (Å²) in [4.78, 5) is 10.7. The second-order valence-electron chi connectivity index (χ2n) is 0.560. The van der Waals surface area contributed by atoms with Crippen LogP contribution in [0.4, 0.5) is 0 Å². The minimum absolute atomic E-state index is 0.361. The summed E-state index contributed by atoms with van der Waals surface area (Å²) in [5.74, 6) is 0. The van der Waals surface area contributed by atoms with Crippen LogP contribution in [0.15, 0.2) is 0 Å². The van der Waals surface area contributed by atoms with Crippen molar-refractivity contribution in [1.82, 2.24) is 0 Å². The number of hydrogen-bond acceptors (Lipinski definition) is 1. The Balaban J connectivity index is 0. The van der Waals surface area contributed by atoms with E-state index in [4.69, 9.17) is 11.1 Å². The molecule has 0 aliphatic carbocycles. The maximum atomic E-state index is 9.21. The Labute approximate surface area is 45.5 Å². The summed E-state index contributed by atoms with van der Waals surface area (Å²) in [6.45, 7) is 1.29. The molecule has 0 radical (unpaired) electrons. The molecule has 0 rings (SSSR count). The van der Waals surface area contributed by atoms with E-state index in [0.717, 1.165) is 0 Å². The maximum Gasteiger partial charge on any atom is 0.218 e. The van der Waals surface area contributed by atoms with Crippen molar-refractivity contribution in [3.63, 3.8) is 0 Å². The van der Waals surface area contributed by atoms with E-state index in [0.29, 0.717) is 0 Å². The monoisotopic (exact) mass is 120 g/mol. The van der Waals surface area contributed by atoms with E-state index in [1.54, 1.807) is 0 Å². The zero-order valence-electron chi connectivity index (χ0n) is 3.63. The first-order valence-corrected chi connectivity index (χ1v) is 1.67. The molecule has 7 heavy (non-hydrogen) atoms. The smallest absolute Gasteiger partial charge is 0.218 e. The summed E-state index contributed by atoms with van der Waals surface area (Å²) in [5, 5.41) is -0.361. The van der Waals surface area contributed by atoms with Gasteiger partial charge in [0.15, 0.2) is 0 Å². The van der Waals surface area contributed by atoms with E-state index < -0.39 is 0 Å². The van der Waals surface area contributed by atoms with Crippen molar-refractivity contribution < 1.29 is 4.79 Å². The normalized spacial score (nSPS) is 4.86. The Hall–Kier alpha value is -0.730. The Kier molecular flexibility index (Phi) is 12.3. The molecule has 0 bridgehead atoms. The van der Waals surface area contributed by atoms with Crippen LogP contribution in [0.25, 0.3) is 16.0 Å². The highest BCUT2D eigenvalue weighted by Crippen LogP contribution is 1.67. The summed E-state index contributed by atoms with van der Waals surface area (Å²) in [6, 6.07) is 0. The maximum absolute atomic E-state index is 9.21. The number of carbonyl (C=O) groups excluding carboxylic acids is 1. The fourth-order valence-electron chi connectivity index (χ4n) is 0. The molecule has 40 valence electrons. The highest BCUT2D eigenvalue weighted by atomic mass is 35.5. The van der Waals surface area contributed by atoms with Gasteiger partial charge in [-0.2, -0.15) is 0 Å². The van der Waals surface area contributed by atoms with E-state index in [1.807, 2.05) is 0 Å². The molecule has 0 atom stereocenters. The molecule has 4 nitrogen and oxygen atoms in total. The molecule has 0 fully saturated rings. The molecule has 0 heterocycles. The highest BCUT2D eigenvalue weighted by Gasteiger charge is 1.67. The Morgan fingerprint density at radius 3 is 1.71 bits per heavy atom. The largest absolute Gasteiger partial charge is 0.373 e. The molecule has 0 amide bonds. The van der Waals surface area contributed by atoms with Crippen LogP contribution in [0, 0.1) is 0 Å². The van der Waals surface area contributed by atoms with Crippen molar-refractivity contribution in [3.05, 3.63) is 16.0 Å². The number of hydrogen-bond donors (Lipinski definition) is 0.